The summed E-state index contributed by atoms with van der Waals surface area (Å²) in [7, 11) is 1.66. The van der Waals surface area contributed by atoms with Gasteiger partial charge in [0.05, 0.1) is 24.7 Å². The molecule has 0 bridgehead atoms. The Morgan fingerprint density at radius 2 is 1.84 bits per heavy atom. The maximum absolute atomic E-state index is 10.8. The number of aromatic nitrogens is 2. The highest BCUT2D eigenvalue weighted by Crippen LogP contribution is 2.34. The van der Waals surface area contributed by atoms with Crippen molar-refractivity contribution < 1.29 is 14.6 Å². The van der Waals surface area contributed by atoms with E-state index in [4.69, 9.17) is 14.5 Å². The summed E-state index contributed by atoms with van der Waals surface area (Å²) in [5, 5.41) is 10.8. The number of hydrogen-bond donors (Lipinski definition) is 1. The number of aliphatic hydroxyl groups is 1. The van der Waals surface area contributed by atoms with Gasteiger partial charge in [-0.2, -0.15) is 0 Å². The number of rotatable bonds is 8. The number of methoxy groups -OCH3 is 1. The second-order valence-corrected chi connectivity index (χ2v) is 8.96. The number of benzene rings is 2. The van der Waals surface area contributed by atoms with Gasteiger partial charge in [-0.1, -0.05) is 46.8 Å². The zero-order valence-corrected chi connectivity index (χ0v) is 20.2. The summed E-state index contributed by atoms with van der Waals surface area (Å²) in [5.74, 6) is 2.91. The van der Waals surface area contributed by atoms with E-state index in [0.29, 0.717) is 12.5 Å². The fourth-order valence-electron chi connectivity index (χ4n) is 3.64. The minimum atomic E-state index is -0.652. The van der Waals surface area contributed by atoms with Crippen LogP contribution >= 0.6 is 12.4 Å². The van der Waals surface area contributed by atoms with Crippen molar-refractivity contribution in [1.29, 1.82) is 0 Å². The van der Waals surface area contributed by atoms with Crippen molar-refractivity contribution in [2.75, 3.05) is 13.7 Å². The smallest absolute Gasteiger partial charge is 0.123 e. The summed E-state index contributed by atoms with van der Waals surface area (Å²) in [6, 6.07) is 13.9. The van der Waals surface area contributed by atoms with Crippen molar-refractivity contribution in [2.24, 2.45) is 0 Å². The Morgan fingerprint density at radius 3 is 2.48 bits per heavy atom. The van der Waals surface area contributed by atoms with Gasteiger partial charge in [-0.05, 0) is 42.2 Å². The number of aliphatic hydroxyl groups excluding tert-OH is 1. The number of imidazole rings is 1. The van der Waals surface area contributed by atoms with Crippen molar-refractivity contribution in [2.45, 2.75) is 65.0 Å². The minimum absolute atomic E-state index is 0. The van der Waals surface area contributed by atoms with Crippen LogP contribution in [0.4, 0.5) is 0 Å². The first-order chi connectivity index (χ1) is 14.2. The van der Waals surface area contributed by atoms with E-state index >= 15 is 0 Å². The predicted molar refractivity (Wildman–Crippen MR) is 129 cm³/mol. The lowest BCUT2D eigenvalue weighted by molar-refractivity contribution is 0.0914. The average Bonchev–Trinajstić information content (AvgIpc) is 3.09. The van der Waals surface area contributed by atoms with Crippen LogP contribution in [0.2, 0.25) is 0 Å². The van der Waals surface area contributed by atoms with Gasteiger partial charge in [-0.15, -0.1) is 12.4 Å². The standard InChI is InChI=1S/C25H34N2O3.ClH/c1-7-17(2)24-26-21-10-8-9-11-22(21)27(24)15-18(28)16-30-23-13-12-19(29-6)14-20(23)25(3,4)5;/h8-14,17-18,28H,7,15-16H2,1-6H3;1H. The van der Waals surface area contributed by atoms with E-state index in [0.717, 1.165) is 40.3 Å². The van der Waals surface area contributed by atoms with Crippen LogP contribution in [0.5, 0.6) is 11.5 Å². The van der Waals surface area contributed by atoms with E-state index in [2.05, 4.69) is 45.3 Å². The summed E-state index contributed by atoms with van der Waals surface area (Å²) >= 11 is 0. The van der Waals surface area contributed by atoms with Crippen LogP contribution in [0.3, 0.4) is 0 Å². The second kappa shape index (κ2) is 10.4. The Hall–Kier alpha value is -2.24. The molecule has 2 aromatic carbocycles. The highest BCUT2D eigenvalue weighted by molar-refractivity contribution is 5.85. The van der Waals surface area contributed by atoms with Crippen LogP contribution in [0.1, 0.15) is 58.3 Å². The predicted octanol–water partition coefficient (Wildman–Crippen LogP) is 5.72. The Morgan fingerprint density at radius 1 is 1.13 bits per heavy atom. The molecule has 1 aromatic heterocycles. The van der Waals surface area contributed by atoms with E-state index in [1.54, 1.807) is 7.11 Å². The van der Waals surface area contributed by atoms with Crippen LogP contribution in [0, 0.1) is 0 Å². The number of para-hydroxylation sites is 2. The zero-order chi connectivity index (χ0) is 21.9. The lowest BCUT2D eigenvalue weighted by Gasteiger charge is -2.24. The number of nitrogens with zero attached hydrogens (tertiary/aromatic N) is 2. The molecule has 3 aromatic rings. The van der Waals surface area contributed by atoms with Gasteiger partial charge in [0, 0.05) is 11.5 Å². The summed E-state index contributed by atoms with van der Waals surface area (Å²) < 4.78 is 13.6. The first-order valence-corrected chi connectivity index (χ1v) is 10.7. The van der Waals surface area contributed by atoms with Gasteiger partial charge in [0.2, 0.25) is 0 Å². The van der Waals surface area contributed by atoms with Gasteiger partial charge in [-0.25, -0.2) is 4.98 Å². The van der Waals surface area contributed by atoms with Gasteiger partial charge >= 0.3 is 0 Å². The molecule has 0 aliphatic carbocycles. The van der Waals surface area contributed by atoms with E-state index in [-0.39, 0.29) is 24.4 Å². The molecule has 1 heterocycles. The molecule has 0 aliphatic rings. The summed E-state index contributed by atoms with van der Waals surface area (Å²) in [6.45, 7) is 11.4. The van der Waals surface area contributed by atoms with E-state index in [1.165, 1.54) is 0 Å². The van der Waals surface area contributed by atoms with Crippen molar-refractivity contribution in [3.8, 4) is 11.5 Å². The molecule has 31 heavy (non-hydrogen) atoms. The molecule has 0 saturated heterocycles. The Bertz CT molecular complexity index is 994. The first-order valence-electron chi connectivity index (χ1n) is 10.7. The molecule has 0 radical (unpaired) electrons. The lowest BCUT2D eigenvalue weighted by Crippen LogP contribution is -2.26. The molecule has 1 N–H and O–H groups in total. The second-order valence-electron chi connectivity index (χ2n) is 8.96. The van der Waals surface area contributed by atoms with E-state index in [9.17, 15) is 5.11 Å². The van der Waals surface area contributed by atoms with Crippen molar-refractivity contribution in [3.05, 3.63) is 53.9 Å². The number of fused-ring (bicyclic) bond motifs is 1. The molecule has 170 valence electrons. The minimum Gasteiger partial charge on any atom is -0.497 e. The first kappa shape index (κ1) is 25.0. The molecule has 2 unspecified atom stereocenters. The van der Waals surface area contributed by atoms with Crippen molar-refractivity contribution >= 4 is 23.4 Å². The third-order valence-corrected chi connectivity index (χ3v) is 5.56. The molecule has 3 rings (SSSR count). The maximum atomic E-state index is 10.8. The van der Waals surface area contributed by atoms with Crippen LogP contribution < -0.4 is 9.47 Å². The van der Waals surface area contributed by atoms with Gasteiger partial charge < -0.3 is 19.1 Å². The van der Waals surface area contributed by atoms with Crippen molar-refractivity contribution in [1.82, 2.24) is 9.55 Å². The largest absolute Gasteiger partial charge is 0.497 e. The molecular formula is C25H35ClN2O3. The zero-order valence-electron chi connectivity index (χ0n) is 19.4. The van der Waals surface area contributed by atoms with Gasteiger partial charge in [0.1, 0.15) is 30.0 Å². The Balaban J connectivity index is 0.00000341. The molecule has 2 atom stereocenters. The SMILES string of the molecule is CCC(C)c1nc2ccccc2n1CC(O)COc1ccc(OC)cc1C(C)(C)C.Cl. The van der Waals surface area contributed by atoms with Crippen molar-refractivity contribution in [3.63, 3.8) is 0 Å². The highest BCUT2D eigenvalue weighted by Gasteiger charge is 2.22. The van der Waals surface area contributed by atoms with Gasteiger partial charge in [0.25, 0.3) is 0 Å². The molecule has 6 heteroatoms. The fourth-order valence-corrected chi connectivity index (χ4v) is 3.64. The molecule has 0 amide bonds. The molecule has 5 nitrogen and oxygen atoms in total. The number of halogens is 1. The quantitative estimate of drug-likeness (QED) is 0.481. The summed E-state index contributed by atoms with van der Waals surface area (Å²) in [6.07, 6.45) is 0.344. The summed E-state index contributed by atoms with van der Waals surface area (Å²) in [5.41, 5.74) is 2.97. The van der Waals surface area contributed by atoms with Crippen LogP contribution in [-0.4, -0.2) is 34.5 Å². The van der Waals surface area contributed by atoms with Crippen LogP contribution in [0.25, 0.3) is 11.0 Å². The molecule has 0 saturated carbocycles. The third kappa shape index (κ3) is 5.72. The maximum Gasteiger partial charge on any atom is 0.123 e. The normalized spacial score (nSPS) is 13.5. The Labute approximate surface area is 191 Å². The van der Waals surface area contributed by atoms with Crippen LogP contribution in [-0.2, 0) is 12.0 Å². The van der Waals surface area contributed by atoms with E-state index in [1.807, 2.05) is 36.4 Å². The topological polar surface area (TPSA) is 56.5 Å². The fraction of sp³-hybridized carbons (Fsp3) is 0.480. The third-order valence-electron chi connectivity index (χ3n) is 5.56. The van der Waals surface area contributed by atoms with Crippen LogP contribution in [0.15, 0.2) is 42.5 Å². The lowest BCUT2D eigenvalue weighted by atomic mass is 9.86. The molecule has 0 aliphatic heterocycles. The van der Waals surface area contributed by atoms with Gasteiger partial charge in [0.15, 0.2) is 0 Å². The number of hydrogen-bond acceptors (Lipinski definition) is 4. The molecule has 0 fully saturated rings. The van der Waals surface area contributed by atoms with Gasteiger partial charge in [-0.3, -0.25) is 0 Å². The van der Waals surface area contributed by atoms with E-state index < -0.39 is 6.10 Å². The molecule has 0 spiro atoms. The Kier molecular flexibility index (Phi) is 8.38. The molecular weight excluding hydrogens is 412 g/mol. The summed E-state index contributed by atoms with van der Waals surface area (Å²) in [4.78, 5) is 4.82. The number of ether oxygens (including phenoxy) is 2. The highest BCUT2D eigenvalue weighted by atomic mass is 35.5. The average molecular weight is 447 g/mol. The monoisotopic (exact) mass is 446 g/mol.